The van der Waals surface area contributed by atoms with Gasteiger partial charge in [-0.25, -0.2) is 9.97 Å². The fourth-order valence-corrected chi connectivity index (χ4v) is 1.39. The molecular formula is C11H11N3S. The van der Waals surface area contributed by atoms with Crippen LogP contribution in [0.5, 0.6) is 0 Å². The molecule has 2 rings (SSSR count). The molecule has 0 aliphatic rings. The lowest BCUT2D eigenvalue weighted by atomic mass is 10.2. The monoisotopic (exact) mass is 217 g/mol. The van der Waals surface area contributed by atoms with Crippen molar-refractivity contribution in [3.05, 3.63) is 42.5 Å². The van der Waals surface area contributed by atoms with E-state index in [2.05, 4.69) is 27.6 Å². The van der Waals surface area contributed by atoms with Crippen LogP contribution in [0.3, 0.4) is 0 Å². The highest BCUT2D eigenvalue weighted by Crippen LogP contribution is 2.19. The Labute approximate surface area is 94.0 Å². The van der Waals surface area contributed by atoms with E-state index in [-0.39, 0.29) is 5.25 Å². The summed E-state index contributed by atoms with van der Waals surface area (Å²) in [6.45, 7) is 1.99. The molecule has 0 N–H and O–H groups in total. The van der Waals surface area contributed by atoms with Crippen LogP contribution in [0.1, 0.15) is 17.9 Å². The van der Waals surface area contributed by atoms with Gasteiger partial charge in [-0.3, -0.25) is 4.98 Å². The highest BCUT2D eigenvalue weighted by Gasteiger charge is 2.03. The maximum atomic E-state index is 4.32. The molecule has 15 heavy (non-hydrogen) atoms. The van der Waals surface area contributed by atoms with Crippen molar-refractivity contribution >= 4 is 12.6 Å². The summed E-state index contributed by atoms with van der Waals surface area (Å²) in [7, 11) is 0. The summed E-state index contributed by atoms with van der Waals surface area (Å²) in [5, 5.41) is 0.149. The van der Waals surface area contributed by atoms with Gasteiger partial charge >= 0.3 is 0 Å². The van der Waals surface area contributed by atoms with Gasteiger partial charge in [-0.1, -0.05) is 0 Å². The van der Waals surface area contributed by atoms with E-state index in [9.17, 15) is 0 Å². The highest BCUT2D eigenvalue weighted by atomic mass is 32.1. The minimum atomic E-state index is 0.149. The Morgan fingerprint density at radius 2 is 1.87 bits per heavy atom. The topological polar surface area (TPSA) is 38.7 Å². The molecule has 0 amide bonds. The molecule has 0 aromatic carbocycles. The highest BCUT2D eigenvalue weighted by molar-refractivity contribution is 7.80. The first-order valence-corrected chi connectivity index (χ1v) is 5.20. The molecule has 2 aromatic heterocycles. The summed E-state index contributed by atoms with van der Waals surface area (Å²) in [4.78, 5) is 12.6. The fraction of sp³-hybridized carbons (Fsp3) is 0.182. The number of pyridine rings is 1. The first kappa shape index (κ1) is 10.1. The number of thiol groups is 1. The Bertz CT molecular complexity index is 425. The van der Waals surface area contributed by atoms with Gasteiger partial charge in [-0.15, -0.1) is 0 Å². The second-order valence-electron chi connectivity index (χ2n) is 3.22. The number of hydrogen-bond donors (Lipinski definition) is 1. The zero-order valence-electron chi connectivity index (χ0n) is 8.33. The first-order valence-electron chi connectivity index (χ1n) is 4.69. The van der Waals surface area contributed by atoms with Gasteiger partial charge in [0.2, 0.25) is 0 Å². The fourth-order valence-electron chi connectivity index (χ4n) is 1.23. The molecule has 0 aliphatic carbocycles. The van der Waals surface area contributed by atoms with Gasteiger partial charge in [0.25, 0.3) is 0 Å². The standard InChI is InChI=1S/C11H11N3S/c1-8(15)10-4-3-9(7-14-10)11-12-5-2-6-13-11/h2-8,15H,1H3. The molecule has 0 fully saturated rings. The summed E-state index contributed by atoms with van der Waals surface area (Å²) < 4.78 is 0. The van der Waals surface area contributed by atoms with Crippen LogP contribution in [0.4, 0.5) is 0 Å². The molecule has 0 aliphatic heterocycles. The molecule has 0 radical (unpaired) electrons. The smallest absolute Gasteiger partial charge is 0.160 e. The summed E-state index contributed by atoms with van der Waals surface area (Å²) in [6.07, 6.45) is 5.21. The maximum Gasteiger partial charge on any atom is 0.160 e. The predicted molar refractivity (Wildman–Crippen MR) is 62.7 cm³/mol. The Hall–Kier alpha value is -1.42. The Morgan fingerprint density at radius 1 is 1.13 bits per heavy atom. The second-order valence-corrected chi connectivity index (χ2v) is 3.99. The molecular weight excluding hydrogens is 206 g/mol. The molecule has 4 heteroatoms. The van der Waals surface area contributed by atoms with Crippen LogP contribution in [-0.2, 0) is 0 Å². The Kier molecular flexibility index (Phi) is 2.97. The van der Waals surface area contributed by atoms with E-state index in [1.54, 1.807) is 24.7 Å². The minimum Gasteiger partial charge on any atom is -0.259 e. The van der Waals surface area contributed by atoms with Gasteiger partial charge in [-0.2, -0.15) is 12.6 Å². The quantitative estimate of drug-likeness (QED) is 0.786. The number of nitrogens with zero attached hydrogens (tertiary/aromatic N) is 3. The molecule has 0 spiro atoms. The zero-order valence-corrected chi connectivity index (χ0v) is 9.22. The van der Waals surface area contributed by atoms with E-state index in [0.717, 1.165) is 11.3 Å². The molecule has 2 heterocycles. The van der Waals surface area contributed by atoms with Crippen molar-refractivity contribution in [1.82, 2.24) is 15.0 Å². The van der Waals surface area contributed by atoms with Crippen molar-refractivity contribution in [2.45, 2.75) is 12.2 Å². The van der Waals surface area contributed by atoms with Crippen LogP contribution < -0.4 is 0 Å². The first-order chi connectivity index (χ1) is 7.27. The van der Waals surface area contributed by atoms with Gasteiger partial charge in [0.05, 0.1) is 5.69 Å². The third-order valence-electron chi connectivity index (χ3n) is 2.04. The molecule has 0 bridgehead atoms. The predicted octanol–water partition coefficient (Wildman–Crippen LogP) is 2.53. The lowest BCUT2D eigenvalue weighted by Crippen LogP contribution is -1.92. The summed E-state index contributed by atoms with van der Waals surface area (Å²) >= 11 is 4.32. The van der Waals surface area contributed by atoms with E-state index >= 15 is 0 Å². The van der Waals surface area contributed by atoms with Gasteiger partial charge in [0.1, 0.15) is 0 Å². The molecule has 2 aromatic rings. The van der Waals surface area contributed by atoms with Crippen molar-refractivity contribution in [1.29, 1.82) is 0 Å². The van der Waals surface area contributed by atoms with E-state index < -0.39 is 0 Å². The normalized spacial score (nSPS) is 12.4. The SMILES string of the molecule is CC(S)c1ccc(-c2ncccn2)cn1. The van der Waals surface area contributed by atoms with Gasteiger partial charge < -0.3 is 0 Å². The molecule has 1 unspecified atom stereocenters. The van der Waals surface area contributed by atoms with E-state index in [4.69, 9.17) is 0 Å². The molecule has 3 nitrogen and oxygen atoms in total. The third-order valence-corrected chi connectivity index (χ3v) is 2.30. The maximum absolute atomic E-state index is 4.32. The van der Waals surface area contributed by atoms with E-state index in [0.29, 0.717) is 5.82 Å². The van der Waals surface area contributed by atoms with Gasteiger partial charge in [0.15, 0.2) is 5.82 Å². The number of rotatable bonds is 2. The average molecular weight is 217 g/mol. The van der Waals surface area contributed by atoms with Crippen LogP contribution in [0.2, 0.25) is 0 Å². The van der Waals surface area contributed by atoms with Crippen LogP contribution in [0.15, 0.2) is 36.8 Å². The Balaban J connectivity index is 2.32. The third kappa shape index (κ3) is 2.33. The zero-order chi connectivity index (χ0) is 10.7. The van der Waals surface area contributed by atoms with Crippen molar-refractivity contribution in [3.8, 4) is 11.4 Å². The summed E-state index contributed by atoms with van der Waals surface area (Å²) in [6, 6.07) is 5.70. The van der Waals surface area contributed by atoms with Crippen molar-refractivity contribution in [2.24, 2.45) is 0 Å². The van der Waals surface area contributed by atoms with Crippen molar-refractivity contribution < 1.29 is 0 Å². The lowest BCUT2D eigenvalue weighted by Gasteiger charge is -2.04. The van der Waals surface area contributed by atoms with Crippen molar-refractivity contribution in [3.63, 3.8) is 0 Å². The Morgan fingerprint density at radius 3 is 2.40 bits per heavy atom. The lowest BCUT2D eigenvalue weighted by molar-refractivity contribution is 1.01. The van der Waals surface area contributed by atoms with Gasteiger partial charge in [0, 0.05) is 29.4 Å². The summed E-state index contributed by atoms with van der Waals surface area (Å²) in [5.74, 6) is 0.698. The molecule has 76 valence electrons. The van der Waals surface area contributed by atoms with Gasteiger partial charge in [-0.05, 0) is 25.1 Å². The average Bonchev–Trinajstić information content (AvgIpc) is 2.30. The van der Waals surface area contributed by atoms with Crippen LogP contribution in [0.25, 0.3) is 11.4 Å². The van der Waals surface area contributed by atoms with E-state index in [1.165, 1.54) is 0 Å². The largest absolute Gasteiger partial charge is 0.259 e. The van der Waals surface area contributed by atoms with Crippen LogP contribution in [0, 0.1) is 0 Å². The number of hydrogen-bond acceptors (Lipinski definition) is 4. The second kappa shape index (κ2) is 4.40. The van der Waals surface area contributed by atoms with Crippen LogP contribution in [-0.4, -0.2) is 15.0 Å². The van der Waals surface area contributed by atoms with Crippen LogP contribution >= 0.6 is 12.6 Å². The molecule has 0 saturated heterocycles. The van der Waals surface area contributed by atoms with Crippen molar-refractivity contribution in [2.75, 3.05) is 0 Å². The molecule has 0 saturated carbocycles. The molecule has 1 atom stereocenters. The minimum absolute atomic E-state index is 0.149. The number of aromatic nitrogens is 3. The van der Waals surface area contributed by atoms with E-state index in [1.807, 2.05) is 19.1 Å². The summed E-state index contributed by atoms with van der Waals surface area (Å²) in [5.41, 5.74) is 1.88.